The van der Waals surface area contributed by atoms with Crippen molar-refractivity contribution < 1.29 is 28.6 Å². The van der Waals surface area contributed by atoms with Crippen molar-refractivity contribution in [2.24, 2.45) is 5.92 Å². The summed E-state index contributed by atoms with van der Waals surface area (Å²) in [5.74, 6) is -2.41. The number of carbonyl (C=O) groups excluding carboxylic acids is 2. The van der Waals surface area contributed by atoms with E-state index in [4.69, 9.17) is 13.9 Å². The minimum absolute atomic E-state index is 0.0788. The van der Waals surface area contributed by atoms with Crippen molar-refractivity contribution >= 4 is 29.3 Å². The van der Waals surface area contributed by atoms with Crippen LogP contribution in [0.25, 0.3) is 0 Å². The predicted octanol–water partition coefficient (Wildman–Crippen LogP) is 4.11. The highest BCUT2D eigenvalue weighted by atomic mass is 32.2. The lowest BCUT2D eigenvalue weighted by molar-refractivity contribution is -0.164. The summed E-state index contributed by atoms with van der Waals surface area (Å²) in [6.45, 7) is 1.75. The maximum atomic E-state index is 13.3. The fourth-order valence-electron chi connectivity index (χ4n) is 4.39. The van der Waals surface area contributed by atoms with Gasteiger partial charge in [0.2, 0.25) is 5.91 Å². The lowest BCUT2D eigenvalue weighted by Crippen LogP contribution is -2.56. The number of carbonyl (C=O) groups is 2. The van der Waals surface area contributed by atoms with Crippen molar-refractivity contribution in [1.29, 1.82) is 5.26 Å². The van der Waals surface area contributed by atoms with Crippen LogP contribution >= 0.6 is 11.8 Å². The summed E-state index contributed by atoms with van der Waals surface area (Å²) in [4.78, 5) is 26.1. The molecule has 1 amide bonds. The molecule has 3 atom stereocenters. The Balaban J connectivity index is 1.72. The maximum Gasteiger partial charge on any atom is 0.315 e. The van der Waals surface area contributed by atoms with E-state index in [0.717, 1.165) is 11.8 Å². The summed E-state index contributed by atoms with van der Waals surface area (Å²) in [5.41, 5.74) is -0.863. The number of thioether (sulfide) groups is 1. The number of furan rings is 1. The average molecular weight is 534 g/mol. The molecule has 3 N–H and O–H groups in total. The highest BCUT2D eigenvalue weighted by Crippen LogP contribution is 2.49. The number of anilines is 1. The number of methoxy groups -OCH3 is 1. The van der Waals surface area contributed by atoms with Crippen molar-refractivity contribution in [3.05, 3.63) is 94.9 Å². The molecule has 0 saturated heterocycles. The van der Waals surface area contributed by atoms with Crippen LogP contribution in [0, 0.1) is 17.2 Å². The molecular weight excluding hydrogens is 506 g/mol. The first-order valence-electron chi connectivity index (χ1n) is 11.9. The third kappa shape index (κ3) is 5.54. The highest BCUT2D eigenvalue weighted by molar-refractivity contribution is 8.03. The molecule has 3 aromatic rings. The van der Waals surface area contributed by atoms with Crippen LogP contribution in [-0.4, -0.2) is 36.5 Å². The van der Waals surface area contributed by atoms with E-state index in [-0.39, 0.29) is 28.9 Å². The van der Waals surface area contributed by atoms with Gasteiger partial charge in [-0.3, -0.25) is 9.59 Å². The van der Waals surface area contributed by atoms with Crippen LogP contribution in [0.3, 0.4) is 0 Å². The normalized spacial score (nSPS) is 20.7. The predicted molar refractivity (Wildman–Crippen MR) is 142 cm³/mol. The lowest BCUT2D eigenvalue weighted by atomic mass is 9.73. The number of hydrogen-bond acceptors (Lipinski definition) is 9. The van der Waals surface area contributed by atoms with Crippen LogP contribution < -0.4 is 15.4 Å². The number of benzene rings is 2. The molecule has 196 valence electrons. The number of nitrogens with one attached hydrogen (secondary N) is 2. The van der Waals surface area contributed by atoms with Gasteiger partial charge in [-0.05, 0) is 31.2 Å². The molecule has 0 unspecified atom stereocenters. The fourth-order valence-corrected chi connectivity index (χ4v) is 5.30. The van der Waals surface area contributed by atoms with Crippen LogP contribution in [0.2, 0.25) is 0 Å². The summed E-state index contributed by atoms with van der Waals surface area (Å²) in [6, 6.07) is 21.0. The van der Waals surface area contributed by atoms with E-state index in [1.54, 1.807) is 73.7 Å². The number of amides is 1. The van der Waals surface area contributed by atoms with Crippen LogP contribution in [0.5, 0.6) is 5.75 Å². The zero-order valence-electron chi connectivity index (χ0n) is 20.8. The summed E-state index contributed by atoms with van der Waals surface area (Å²) >= 11 is 1.04. The number of hydrogen-bond donors (Lipinski definition) is 3. The second-order valence-electron chi connectivity index (χ2n) is 8.40. The van der Waals surface area contributed by atoms with E-state index in [9.17, 15) is 20.0 Å². The third-order valence-corrected chi connectivity index (χ3v) is 7.09. The van der Waals surface area contributed by atoms with E-state index in [1.165, 1.54) is 13.4 Å². The van der Waals surface area contributed by atoms with E-state index >= 15 is 0 Å². The molecule has 9 nitrogen and oxygen atoms in total. The number of esters is 1. The number of rotatable bonds is 9. The quantitative estimate of drug-likeness (QED) is 0.348. The van der Waals surface area contributed by atoms with Gasteiger partial charge in [-0.25, -0.2) is 0 Å². The van der Waals surface area contributed by atoms with E-state index in [1.807, 2.05) is 0 Å². The Morgan fingerprint density at radius 2 is 1.97 bits per heavy atom. The second kappa shape index (κ2) is 11.9. The van der Waals surface area contributed by atoms with Gasteiger partial charge in [0.15, 0.2) is 5.72 Å². The van der Waals surface area contributed by atoms with Gasteiger partial charge >= 0.3 is 5.97 Å². The second-order valence-corrected chi connectivity index (χ2v) is 9.39. The third-order valence-electron chi connectivity index (χ3n) is 6.07. The number of allylic oxidation sites excluding steroid dienone is 1. The molecule has 1 aliphatic heterocycles. The number of ether oxygens (including phenoxy) is 2. The van der Waals surface area contributed by atoms with E-state index in [2.05, 4.69) is 16.7 Å². The van der Waals surface area contributed by atoms with Gasteiger partial charge in [-0.15, -0.1) is 0 Å². The summed E-state index contributed by atoms with van der Waals surface area (Å²) in [6.07, 6.45) is 1.44. The molecule has 2 aromatic carbocycles. The molecule has 0 spiro atoms. The molecule has 0 bridgehead atoms. The number of nitrogens with zero attached hydrogens (tertiary/aromatic N) is 1. The highest BCUT2D eigenvalue weighted by Gasteiger charge is 2.55. The van der Waals surface area contributed by atoms with Gasteiger partial charge in [-0.2, -0.15) is 5.26 Å². The van der Waals surface area contributed by atoms with E-state index in [0.29, 0.717) is 22.8 Å². The van der Waals surface area contributed by atoms with Gasteiger partial charge < -0.3 is 29.6 Å². The maximum absolute atomic E-state index is 13.3. The van der Waals surface area contributed by atoms with Crippen molar-refractivity contribution in [1.82, 2.24) is 5.32 Å². The molecular formula is C28H27N3O6S. The van der Waals surface area contributed by atoms with Crippen molar-refractivity contribution in [3.8, 4) is 11.8 Å². The van der Waals surface area contributed by atoms with Crippen molar-refractivity contribution in [3.63, 3.8) is 0 Å². The largest absolute Gasteiger partial charge is 0.497 e. The van der Waals surface area contributed by atoms with Gasteiger partial charge in [0.25, 0.3) is 0 Å². The standard InChI is InChI=1S/C28H27N3O6S/c1-3-36-27(33)25-24(22-13-8-14-37-22)21(16-29)26(31-28(25,34)18-9-5-4-6-10-18)38-17-23(32)30-19-11-7-12-20(15-19)35-2/h4-15,24-25,31,34H,3,17H2,1-2H3,(H,30,32)/t24-,25-,28+/m1/s1. The minimum Gasteiger partial charge on any atom is -0.497 e. The lowest BCUT2D eigenvalue weighted by Gasteiger charge is -2.44. The molecule has 10 heteroatoms. The minimum atomic E-state index is -1.96. The van der Waals surface area contributed by atoms with Gasteiger partial charge in [0, 0.05) is 17.3 Å². The Morgan fingerprint density at radius 1 is 1.18 bits per heavy atom. The van der Waals surface area contributed by atoms with Crippen LogP contribution in [0.15, 0.2) is 88.0 Å². The molecule has 2 heterocycles. The van der Waals surface area contributed by atoms with Crippen LogP contribution in [-0.2, 0) is 20.1 Å². The smallest absolute Gasteiger partial charge is 0.315 e. The Kier molecular flexibility index (Phi) is 8.41. The monoisotopic (exact) mass is 533 g/mol. The van der Waals surface area contributed by atoms with Gasteiger partial charge in [-0.1, -0.05) is 48.2 Å². The average Bonchev–Trinajstić information content (AvgIpc) is 3.47. The molecule has 1 aromatic heterocycles. The molecule has 0 fully saturated rings. The Morgan fingerprint density at radius 3 is 2.63 bits per heavy atom. The zero-order valence-corrected chi connectivity index (χ0v) is 21.7. The Bertz CT molecular complexity index is 1350. The summed E-state index contributed by atoms with van der Waals surface area (Å²) in [5, 5.41) is 28.3. The summed E-state index contributed by atoms with van der Waals surface area (Å²) in [7, 11) is 1.54. The summed E-state index contributed by atoms with van der Waals surface area (Å²) < 4.78 is 16.2. The number of aliphatic hydroxyl groups is 1. The van der Waals surface area contributed by atoms with Crippen LogP contribution in [0.4, 0.5) is 5.69 Å². The van der Waals surface area contributed by atoms with Gasteiger partial charge in [0.05, 0.1) is 48.3 Å². The fraction of sp³-hybridized carbons (Fsp3) is 0.250. The first-order chi connectivity index (χ1) is 18.4. The van der Waals surface area contributed by atoms with Gasteiger partial charge in [0.1, 0.15) is 17.4 Å². The first-order valence-corrected chi connectivity index (χ1v) is 12.9. The molecule has 4 rings (SSSR count). The molecule has 0 aliphatic carbocycles. The Hall–Kier alpha value is -4.20. The molecule has 1 aliphatic rings. The van der Waals surface area contributed by atoms with Crippen molar-refractivity contribution in [2.75, 3.05) is 24.8 Å². The zero-order chi connectivity index (χ0) is 27.1. The van der Waals surface area contributed by atoms with E-state index < -0.39 is 23.5 Å². The molecule has 0 radical (unpaired) electrons. The Labute approximate surface area is 224 Å². The molecule has 38 heavy (non-hydrogen) atoms. The SMILES string of the molecule is CCOC(=O)[C@H]1[C@@H](c2ccco2)C(C#N)=C(SCC(=O)Nc2cccc(OC)c2)N[C@]1(O)c1ccccc1. The molecule has 0 saturated carbocycles. The first kappa shape index (κ1) is 26.9. The van der Waals surface area contributed by atoms with Crippen LogP contribution in [0.1, 0.15) is 24.2 Å². The number of nitriles is 1. The van der Waals surface area contributed by atoms with Crippen molar-refractivity contribution in [2.45, 2.75) is 18.6 Å². The topological polar surface area (TPSA) is 134 Å².